The van der Waals surface area contributed by atoms with Crippen LogP contribution in [-0.2, 0) is 9.47 Å². The van der Waals surface area contributed by atoms with Crippen LogP contribution in [-0.4, -0.2) is 33.3 Å². The number of nitrogens with zero attached hydrogens (tertiary/aromatic N) is 1. The fourth-order valence-electron chi connectivity index (χ4n) is 2.13. The number of carbonyl (C=O) groups is 1. The van der Waals surface area contributed by atoms with Crippen LogP contribution in [0.15, 0.2) is 52.2 Å². The molecule has 1 saturated heterocycles. The van der Waals surface area contributed by atoms with Gasteiger partial charge in [0.25, 0.3) is 5.56 Å². The smallest absolute Gasteiger partial charge is 0.338 e. The summed E-state index contributed by atoms with van der Waals surface area (Å²) in [7, 11) is 0. The van der Waals surface area contributed by atoms with Crippen LogP contribution < -0.4 is 11.2 Å². The number of hydrogen-bond acceptors (Lipinski definition) is 6. The standard InChI is InChI=1S/C15H14N2O5S/c18-11-6-7-17(15(20)16-11)12-9-23-13(22-12)8-21-14(19)10-4-2-1-3-5-10/h1-7,12-13H,8-9H2,(H,16,18,20)/t12-,13-/m1/s1. The van der Waals surface area contributed by atoms with Crippen LogP contribution in [0.25, 0.3) is 0 Å². The van der Waals surface area contributed by atoms with Gasteiger partial charge in [0.05, 0.1) is 5.56 Å². The maximum atomic E-state index is 11.9. The van der Waals surface area contributed by atoms with Crippen molar-refractivity contribution in [1.82, 2.24) is 9.55 Å². The number of thioether (sulfide) groups is 1. The number of esters is 1. The summed E-state index contributed by atoms with van der Waals surface area (Å²) >= 11 is 1.44. The second-order valence-electron chi connectivity index (χ2n) is 4.84. The molecule has 2 atom stereocenters. The molecular formula is C15H14N2O5S. The van der Waals surface area contributed by atoms with Gasteiger partial charge in [0.15, 0.2) is 0 Å². The predicted molar refractivity (Wildman–Crippen MR) is 84.4 cm³/mol. The molecule has 1 aromatic carbocycles. The first-order chi connectivity index (χ1) is 11.1. The van der Waals surface area contributed by atoms with E-state index in [2.05, 4.69) is 4.98 Å². The third kappa shape index (κ3) is 3.72. The van der Waals surface area contributed by atoms with Crippen molar-refractivity contribution in [3.63, 3.8) is 0 Å². The van der Waals surface area contributed by atoms with Crippen molar-refractivity contribution in [2.75, 3.05) is 12.4 Å². The summed E-state index contributed by atoms with van der Waals surface area (Å²) in [5.41, 5.74) is -0.856. The topological polar surface area (TPSA) is 90.4 Å². The number of carbonyl (C=O) groups excluding carboxylic acids is 1. The Kier molecular flexibility index (Phi) is 4.63. The van der Waals surface area contributed by atoms with Gasteiger partial charge in [-0.15, -0.1) is 11.8 Å². The Morgan fingerprint density at radius 2 is 2.09 bits per heavy atom. The zero-order valence-corrected chi connectivity index (χ0v) is 12.8. The summed E-state index contributed by atoms with van der Waals surface area (Å²) < 4.78 is 12.2. The van der Waals surface area contributed by atoms with Gasteiger partial charge in [-0.2, -0.15) is 0 Å². The van der Waals surface area contributed by atoms with Crippen LogP contribution in [0.3, 0.4) is 0 Å². The van der Waals surface area contributed by atoms with E-state index in [-0.39, 0.29) is 12.0 Å². The summed E-state index contributed by atoms with van der Waals surface area (Å²) in [6.07, 6.45) is 0.898. The first kappa shape index (κ1) is 15.6. The molecule has 3 rings (SSSR count). The Hall–Kier alpha value is -2.32. The molecule has 23 heavy (non-hydrogen) atoms. The van der Waals surface area contributed by atoms with Gasteiger partial charge < -0.3 is 9.47 Å². The molecule has 0 aliphatic carbocycles. The van der Waals surface area contributed by atoms with Crippen molar-refractivity contribution in [1.29, 1.82) is 0 Å². The van der Waals surface area contributed by atoms with Crippen molar-refractivity contribution in [2.24, 2.45) is 0 Å². The van der Waals surface area contributed by atoms with Crippen molar-refractivity contribution in [2.45, 2.75) is 11.7 Å². The molecule has 0 amide bonds. The molecule has 0 unspecified atom stereocenters. The molecule has 0 radical (unpaired) electrons. The van der Waals surface area contributed by atoms with Gasteiger partial charge in [-0.3, -0.25) is 14.3 Å². The van der Waals surface area contributed by atoms with Crippen LogP contribution in [0.5, 0.6) is 0 Å². The molecule has 0 spiro atoms. The lowest BCUT2D eigenvalue weighted by Crippen LogP contribution is -2.32. The van der Waals surface area contributed by atoms with Crippen LogP contribution in [0.2, 0.25) is 0 Å². The van der Waals surface area contributed by atoms with E-state index in [9.17, 15) is 14.4 Å². The summed E-state index contributed by atoms with van der Waals surface area (Å²) in [5, 5.41) is 0. The molecule has 1 aromatic heterocycles. The fourth-order valence-corrected chi connectivity index (χ4v) is 3.12. The van der Waals surface area contributed by atoms with E-state index >= 15 is 0 Å². The molecule has 120 valence electrons. The zero-order chi connectivity index (χ0) is 16.2. The van der Waals surface area contributed by atoms with Crippen molar-refractivity contribution >= 4 is 17.7 Å². The molecular weight excluding hydrogens is 320 g/mol. The third-order valence-corrected chi connectivity index (χ3v) is 4.35. The monoisotopic (exact) mass is 334 g/mol. The van der Waals surface area contributed by atoms with Crippen LogP contribution in [0.4, 0.5) is 0 Å². The Labute approximate surface area is 135 Å². The highest BCUT2D eigenvalue weighted by molar-refractivity contribution is 8.00. The average Bonchev–Trinajstić information content (AvgIpc) is 3.02. The zero-order valence-electron chi connectivity index (χ0n) is 12.0. The van der Waals surface area contributed by atoms with E-state index in [1.54, 1.807) is 24.3 Å². The summed E-state index contributed by atoms with van der Waals surface area (Å²) in [5.74, 6) is 0.110. The van der Waals surface area contributed by atoms with E-state index in [0.717, 1.165) is 0 Å². The first-order valence-corrected chi connectivity index (χ1v) is 7.99. The second-order valence-corrected chi connectivity index (χ2v) is 6.03. The third-order valence-electron chi connectivity index (χ3n) is 3.25. The number of benzene rings is 1. The highest BCUT2D eigenvalue weighted by Gasteiger charge is 2.29. The van der Waals surface area contributed by atoms with Gasteiger partial charge in [-0.05, 0) is 12.1 Å². The highest BCUT2D eigenvalue weighted by atomic mass is 32.2. The van der Waals surface area contributed by atoms with E-state index in [0.29, 0.717) is 11.3 Å². The lowest BCUT2D eigenvalue weighted by atomic mass is 10.2. The minimum absolute atomic E-state index is 0.0903. The predicted octanol–water partition coefficient (Wildman–Crippen LogP) is 0.982. The minimum Gasteiger partial charge on any atom is -0.458 e. The van der Waals surface area contributed by atoms with Crippen molar-refractivity contribution in [3.8, 4) is 0 Å². The van der Waals surface area contributed by atoms with Gasteiger partial charge >= 0.3 is 11.7 Å². The number of ether oxygens (including phenoxy) is 2. The normalized spacial score (nSPS) is 20.3. The molecule has 1 N–H and O–H groups in total. The molecule has 0 bridgehead atoms. The molecule has 1 fully saturated rings. The van der Waals surface area contributed by atoms with Crippen LogP contribution in [0.1, 0.15) is 16.6 Å². The largest absolute Gasteiger partial charge is 0.458 e. The number of aromatic nitrogens is 2. The number of nitrogens with one attached hydrogen (secondary N) is 1. The van der Waals surface area contributed by atoms with Gasteiger partial charge in [0, 0.05) is 18.0 Å². The SMILES string of the molecule is O=C(OC[C@@H]1O[C@@H](n2ccc(=O)[nH]c2=O)CS1)c1ccccc1. The molecule has 0 saturated carbocycles. The van der Waals surface area contributed by atoms with E-state index < -0.39 is 23.4 Å². The molecule has 8 heteroatoms. The number of hydrogen-bond donors (Lipinski definition) is 1. The lowest BCUT2D eigenvalue weighted by Gasteiger charge is -2.14. The first-order valence-electron chi connectivity index (χ1n) is 6.94. The van der Waals surface area contributed by atoms with E-state index in [4.69, 9.17) is 9.47 Å². The lowest BCUT2D eigenvalue weighted by molar-refractivity contribution is -0.0178. The quantitative estimate of drug-likeness (QED) is 0.838. The molecule has 2 heterocycles. The Morgan fingerprint density at radius 3 is 2.83 bits per heavy atom. The van der Waals surface area contributed by atoms with Gasteiger partial charge in [0.2, 0.25) is 0 Å². The van der Waals surface area contributed by atoms with Crippen LogP contribution >= 0.6 is 11.8 Å². The van der Waals surface area contributed by atoms with Gasteiger partial charge in [-0.25, -0.2) is 9.59 Å². The molecule has 2 aromatic rings. The van der Waals surface area contributed by atoms with Crippen molar-refractivity contribution in [3.05, 3.63) is 69.0 Å². The van der Waals surface area contributed by atoms with Crippen molar-refractivity contribution < 1.29 is 14.3 Å². The molecule has 1 aliphatic rings. The van der Waals surface area contributed by atoms with E-state index in [1.807, 2.05) is 6.07 Å². The summed E-state index contributed by atoms with van der Waals surface area (Å²) in [6, 6.07) is 9.95. The number of H-pyrrole nitrogens is 1. The maximum absolute atomic E-state index is 11.9. The van der Waals surface area contributed by atoms with E-state index in [1.165, 1.54) is 28.6 Å². The average molecular weight is 334 g/mol. The van der Waals surface area contributed by atoms with Gasteiger partial charge in [-0.1, -0.05) is 18.2 Å². The minimum atomic E-state index is -0.523. The number of aromatic amines is 1. The maximum Gasteiger partial charge on any atom is 0.338 e. The summed E-state index contributed by atoms with van der Waals surface area (Å²) in [6.45, 7) is 0.0903. The second kappa shape index (κ2) is 6.84. The Balaban J connectivity index is 1.57. The molecule has 1 aliphatic heterocycles. The fraction of sp³-hybridized carbons (Fsp3) is 0.267. The van der Waals surface area contributed by atoms with Crippen LogP contribution in [0, 0.1) is 0 Å². The Bertz CT molecular complexity index is 801. The summed E-state index contributed by atoms with van der Waals surface area (Å²) in [4.78, 5) is 36.8. The Morgan fingerprint density at radius 1 is 1.30 bits per heavy atom. The number of rotatable bonds is 4. The van der Waals surface area contributed by atoms with Gasteiger partial charge in [0.1, 0.15) is 18.3 Å². The molecule has 7 nitrogen and oxygen atoms in total. The highest BCUT2D eigenvalue weighted by Crippen LogP contribution is 2.30.